The lowest BCUT2D eigenvalue weighted by Crippen LogP contribution is -1.93. The Labute approximate surface area is 132 Å². The number of rotatable bonds is 2. The first kappa shape index (κ1) is 13.9. The van der Waals surface area contributed by atoms with Crippen molar-refractivity contribution in [1.82, 2.24) is 9.97 Å². The summed E-state index contributed by atoms with van der Waals surface area (Å²) in [6, 6.07) is 7.06. The van der Waals surface area contributed by atoms with E-state index in [4.69, 9.17) is 11.6 Å². The van der Waals surface area contributed by atoms with Crippen LogP contribution >= 0.6 is 38.9 Å². The number of aromatic nitrogens is 2. The second-order valence-electron chi connectivity index (χ2n) is 4.24. The van der Waals surface area contributed by atoms with E-state index < -0.39 is 5.82 Å². The average molecular weight is 372 g/mol. The van der Waals surface area contributed by atoms with E-state index in [1.165, 1.54) is 10.9 Å². The number of halogens is 3. The molecular formula is C14H9BrClFN2S. The second-order valence-corrected chi connectivity index (χ2v) is 6.68. The van der Waals surface area contributed by atoms with Crippen LogP contribution in [0.1, 0.15) is 11.8 Å². The molecule has 0 atom stereocenters. The van der Waals surface area contributed by atoms with Crippen LogP contribution in [0.4, 0.5) is 4.39 Å². The molecule has 0 fully saturated rings. The van der Waals surface area contributed by atoms with E-state index in [0.29, 0.717) is 15.7 Å². The van der Waals surface area contributed by atoms with Gasteiger partial charge in [0.25, 0.3) is 0 Å². The van der Waals surface area contributed by atoms with Crippen molar-refractivity contribution in [1.29, 1.82) is 0 Å². The molecule has 0 N–H and O–H groups in total. The molecule has 0 aliphatic carbocycles. The number of benzene rings is 1. The third kappa shape index (κ3) is 2.45. The molecule has 0 saturated carbocycles. The highest BCUT2D eigenvalue weighted by Crippen LogP contribution is 2.32. The Bertz CT molecular complexity index is 803. The van der Waals surface area contributed by atoms with Gasteiger partial charge in [-0.1, -0.05) is 34.5 Å². The van der Waals surface area contributed by atoms with E-state index in [1.54, 1.807) is 17.4 Å². The minimum atomic E-state index is -0.410. The lowest BCUT2D eigenvalue weighted by atomic mass is 10.2. The van der Waals surface area contributed by atoms with E-state index in [-0.39, 0.29) is 10.7 Å². The van der Waals surface area contributed by atoms with Gasteiger partial charge in [-0.05, 0) is 30.7 Å². The molecule has 6 heteroatoms. The fourth-order valence-corrected chi connectivity index (χ4v) is 3.45. The molecule has 0 bridgehead atoms. The van der Waals surface area contributed by atoms with Crippen molar-refractivity contribution in [3.05, 3.63) is 44.6 Å². The highest BCUT2D eigenvalue weighted by molar-refractivity contribution is 9.10. The van der Waals surface area contributed by atoms with Crippen LogP contribution in [0, 0.1) is 5.82 Å². The molecule has 0 saturated heterocycles. The number of thiophene rings is 1. The Balaban J connectivity index is 2.23. The van der Waals surface area contributed by atoms with Crippen molar-refractivity contribution >= 4 is 49.8 Å². The summed E-state index contributed by atoms with van der Waals surface area (Å²) in [6.45, 7) is 2.08. The summed E-state index contributed by atoms with van der Waals surface area (Å²) in [4.78, 5) is 10.7. The molecule has 102 valence electrons. The van der Waals surface area contributed by atoms with Crippen LogP contribution in [-0.4, -0.2) is 9.97 Å². The van der Waals surface area contributed by atoms with Gasteiger partial charge in [0.2, 0.25) is 0 Å². The minimum absolute atomic E-state index is 0.245. The first-order valence-corrected chi connectivity index (χ1v) is 7.98. The summed E-state index contributed by atoms with van der Waals surface area (Å²) < 4.78 is 14.6. The summed E-state index contributed by atoms with van der Waals surface area (Å²) in [5.74, 6) is 0.0561. The largest absolute Gasteiger partial charge is 0.224 e. The molecule has 2 heterocycles. The van der Waals surface area contributed by atoms with Crippen molar-refractivity contribution in [2.45, 2.75) is 13.3 Å². The van der Waals surface area contributed by atoms with Crippen molar-refractivity contribution in [2.75, 3.05) is 0 Å². The first-order valence-electron chi connectivity index (χ1n) is 6.00. The van der Waals surface area contributed by atoms with Gasteiger partial charge < -0.3 is 0 Å². The summed E-state index contributed by atoms with van der Waals surface area (Å²) >= 11 is 11.0. The number of hydrogen-bond donors (Lipinski definition) is 0. The highest BCUT2D eigenvalue weighted by atomic mass is 79.9. The second kappa shape index (κ2) is 5.39. The third-order valence-corrected chi connectivity index (χ3v) is 4.87. The summed E-state index contributed by atoms with van der Waals surface area (Å²) in [5, 5.41) is 0.770. The van der Waals surface area contributed by atoms with Gasteiger partial charge in [-0.3, -0.25) is 0 Å². The monoisotopic (exact) mass is 370 g/mol. The van der Waals surface area contributed by atoms with Gasteiger partial charge in [0.05, 0.1) is 4.88 Å². The lowest BCUT2D eigenvalue weighted by molar-refractivity contribution is 0.636. The molecule has 0 radical (unpaired) electrons. The van der Waals surface area contributed by atoms with E-state index in [2.05, 4.69) is 32.8 Å². The fourth-order valence-electron chi connectivity index (χ4n) is 1.92. The van der Waals surface area contributed by atoms with Gasteiger partial charge in [0, 0.05) is 14.7 Å². The molecule has 0 spiro atoms. The maximum atomic E-state index is 14.0. The average Bonchev–Trinajstić information content (AvgIpc) is 2.88. The van der Waals surface area contributed by atoms with E-state index in [9.17, 15) is 4.39 Å². The molecule has 3 aromatic rings. The Hall–Kier alpha value is -1.04. The van der Waals surface area contributed by atoms with Crippen molar-refractivity contribution in [2.24, 2.45) is 0 Å². The number of nitrogens with zero attached hydrogens (tertiary/aromatic N) is 2. The summed E-state index contributed by atoms with van der Waals surface area (Å²) in [6.07, 6.45) is 0.952. The van der Waals surface area contributed by atoms with Crippen molar-refractivity contribution < 1.29 is 4.39 Å². The molecule has 0 amide bonds. The number of fused-ring (bicyclic) bond motifs is 1. The predicted molar refractivity (Wildman–Crippen MR) is 84.9 cm³/mol. The van der Waals surface area contributed by atoms with Crippen LogP contribution in [0.5, 0.6) is 0 Å². The van der Waals surface area contributed by atoms with Gasteiger partial charge in [0.15, 0.2) is 11.6 Å². The summed E-state index contributed by atoms with van der Waals surface area (Å²) in [7, 11) is 0. The Morgan fingerprint density at radius 2 is 2.10 bits per heavy atom. The molecule has 2 aromatic heterocycles. The van der Waals surface area contributed by atoms with Crippen LogP contribution in [0.3, 0.4) is 0 Å². The maximum Gasteiger partial charge on any atom is 0.171 e. The van der Waals surface area contributed by atoms with Crippen molar-refractivity contribution in [3.8, 4) is 10.7 Å². The molecule has 0 aliphatic heterocycles. The Morgan fingerprint density at radius 1 is 1.30 bits per heavy atom. The van der Waals surface area contributed by atoms with Gasteiger partial charge in [-0.2, -0.15) is 0 Å². The SMILES string of the molecule is CCc1ccc(-c2nc(Cl)c3cc(Br)cc(F)c3n2)s1. The van der Waals surface area contributed by atoms with Gasteiger partial charge in [-0.15, -0.1) is 11.3 Å². The zero-order chi connectivity index (χ0) is 14.3. The first-order chi connectivity index (χ1) is 9.58. The van der Waals surface area contributed by atoms with Crippen LogP contribution < -0.4 is 0 Å². The molecule has 3 rings (SSSR count). The third-order valence-electron chi connectivity index (χ3n) is 2.90. The topological polar surface area (TPSA) is 25.8 Å². The van der Waals surface area contributed by atoms with E-state index in [0.717, 1.165) is 11.3 Å². The van der Waals surface area contributed by atoms with Gasteiger partial charge in [-0.25, -0.2) is 14.4 Å². The predicted octanol–water partition coefficient (Wildman–Crippen LogP) is 5.48. The van der Waals surface area contributed by atoms with E-state index >= 15 is 0 Å². The normalized spacial score (nSPS) is 11.2. The Kier molecular flexibility index (Phi) is 3.75. The lowest BCUT2D eigenvalue weighted by Gasteiger charge is -2.04. The van der Waals surface area contributed by atoms with Crippen LogP contribution in [0.2, 0.25) is 5.15 Å². The fraction of sp³-hybridized carbons (Fsp3) is 0.143. The molecular weight excluding hydrogens is 363 g/mol. The zero-order valence-electron chi connectivity index (χ0n) is 10.5. The smallest absolute Gasteiger partial charge is 0.171 e. The summed E-state index contributed by atoms with van der Waals surface area (Å²) in [5.41, 5.74) is 0.245. The number of aryl methyl sites for hydroxylation is 1. The quantitative estimate of drug-likeness (QED) is 0.558. The van der Waals surface area contributed by atoms with E-state index in [1.807, 2.05) is 12.1 Å². The molecule has 0 aliphatic rings. The van der Waals surface area contributed by atoms with Gasteiger partial charge in [0.1, 0.15) is 10.7 Å². The molecule has 20 heavy (non-hydrogen) atoms. The zero-order valence-corrected chi connectivity index (χ0v) is 13.6. The number of hydrogen-bond acceptors (Lipinski definition) is 3. The molecule has 1 aromatic carbocycles. The van der Waals surface area contributed by atoms with Crippen LogP contribution in [-0.2, 0) is 6.42 Å². The Morgan fingerprint density at radius 3 is 2.80 bits per heavy atom. The van der Waals surface area contributed by atoms with Crippen LogP contribution in [0.25, 0.3) is 21.6 Å². The maximum absolute atomic E-state index is 14.0. The molecule has 2 nitrogen and oxygen atoms in total. The standard InChI is InChI=1S/C14H9BrClFN2S/c1-2-8-3-4-11(20-8)14-18-12-9(13(16)19-14)5-7(15)6-10(12)17/h3-6H,2H2,1H3. The van der Waals surface area contributed by atoms with Crippen LogP contribution in [0.15, 0.2) is 28.7 Å². The minimum Gasteiger partial charge on any atom is -0.224 e. The highest BCUT2D eigenvalue weighted by Gasteiger charge is 2.13. The van der Waals surface area contributed by atoms with Gasteiger partial charge >= 0.3 is 0 Å². The molecule has 0 unspecified atom stereocenters. The van der Waals surface area contributed by atoms with Crippen molar-refractivity contribution in [3.63, 3.8) is 0 Å².